The molecular formula is C34H68O12. The maximum atomic E-state index is 10.3. The molecule has 12 heteroatoms. The Morgan fingerprint density at radius 3 is 0.804 bits per heavy atom. The molecule has 46 heavy (non-hydrogen) atoms. The van der Waals surface area contributed by atoms with E-state index in [1.807, 2.05) is 0 Å². The molecule has 0 fully saturated rings. The van der Waals surface area contributed by atoms with Crippen LogP contribution in [0.5, 0.6) is 0 Å². The van der Waals surface area contributed by atoms with Crippen LogP contribution in [0.3, 0.4) is 0 Å². The molecule has 0 aromatic carbocycles. The highest BCUT2D eigenvalue weighted by Crippen LogP contribution is 2.11. The fourth-order valence-electron chi connectivity index (χ4n) is 4.18. The summed E-state index contributed by atoms with van der Waals surface area (Å²) in [6.07, 6.45) is 16.3. The molecule has 0 aliphatic rings. The Hall–Kier alpha value is -0.930. The molecule has 0 aliphatic heterocycles. The second-order valence-electron chi connectivity index (χ2n) is 10.8. The van der Waals surface area contributed by atoms with Gasteiger partial charge in [0.15, 0.2) is 0 Å². The minimum Gasteiger partial charge on any atom is -0.480 e. The van der Waals surface area contributed by atoms with Gasteiger partial charge in [-0.1, -0.05) is 77.6 Å². The molecule has 0 saturated heterocycles. The number of ether oxygens (including phenoxy) is 10. The number of carboxylic acids is 1. The average molecular weight is 669 g/mol. The molecule has 0 spiro atoms. The van der Waals surface area contributed by atoms with Crippen LogP contribution in [-0.2, 0) is 52.2 Å². The Balaban J connectivity index is 3.04. The Bertz CT molecular complexity index is 570. The van der Waals surface area contributed by atoms with Gasteiger partial charge in [-0.3, -0.25) is 0 Å². The molecule has 0 unspecified atom stereocenters. The predicted octanol–water partition coefficient (Wildman–Crippen LogP) is 4.94. The largest absolute Gasteiger partial charge is 0.480 e. The third-order valence-corrected chi connectivity index (χ3v) is 6.72. The Kier molecular flexibility index (Phi) is 41.2. The number of hydrogen-bond donors (Lipinski definition) is 1. The van der Waals surface area contributed by atoms with E-state index in [1.54, 1.807) is 0 Å². The summed E-state index contributed by atoms with van der Waals surface area (Å²) in [6, 6.07) is 0. The highest BCUT2D eigenvalue weighted by molar-refractivity contribution is 5.67. The van der Waals surface area contributed by atoms with Gasteiger partial charge in [0.1, 0.15) is 6.61 Å². The van der Waals surface area contributed by atoms with Crippen LogP contribution in [-0.4, -0.2) is 143 Å². The Labute approximate surface area is 279 Å². The van der Waals surface area contributed by atoms with Crippen LogP contribution in [0.1, 0.15) is 84.0 Å². The summed E-state index contributed by atoms with van der Waals surface area (Å²) in [6.45, 7) is 11.6. The van der Waals surface area contributed by atoms with E-state index in [-0.39, 0.29) is 13.2 Å². The van der Waals surface area contributed by atoms with Crippen LogP contribution in [0.2, 0.25) is 0 Å². The van der Waals surface area contributed by atoms with E-state index in [4.69, 9.17) is 52.5 Å². The minimum atomic E-state index is -0.991. The van der Waals surface area contributed by atoms with Crippen LogP contribution < -0.4 is 0 Å². The monoisotopic (exact) mass is 668 g/mol. The van der Waals surface area contributed by atoms with E-state index in [9.17, 15) is 4.79 Å². The van der Waals surface area contributed by atoms with Crippen molar-refractivity contribution >= 4 is 5.97 Å². The van der Waals surface area contributed by atoms with Gasteiger partial charge in [-0.25, -0.2) is 4.79 Å². The van der Waals surface area contributed by atoms with Gasteiger partial charge < -0.3 is 52.5 Å². The molecule has 1 N–H and O–H groups in total. The quantitative estimate of drug-likeness (QED) is 0.0885. The van der Waals surface area contributed by atoms with Crippen LogP contribution in [0.25, 0.3) is 0 Å². The van der Waals surface area contributed by atoms with Gasteiger partial charge >= 0.3 is 5.97 Å². The van der Waals surface area contributed by atoms with E-state index in [2.05, 4.69) is 6.92 Å². The summed E-state index contributed by atoms with van der Waals surface area (Å²) in [4.78, 5) is 10.3. The average Bonchev–Trinajstić information content (AvgIpc) is 3.05. The number of unbranched alkanes of at least 4 members (excludes halogenated alkanes) is 11. The summed E-state index contributed by atoms with van der Waals surface area (Å²) in [5, 5.41) is 8.43. The van der Waals surface area contributed by atoms with Gasteiger partial charge in [0.2, 0.25) is 0 Å². The summed E-state index contributed by atoms with van der Waals surface area (Å²) in [7, 11) is 0. The SMILES string of the molecule is CCCCCCCCCCCCCCOCCOCCOCCOCCOCCOCCOCCOCCOCCOCC(=O)O. The molecule has 0 saturated carbocycles. The van der Waals surface area contributed by atoms with E-state index >= 15 is 0 Å². The maximum absolute atomic E-state index is 10.3. The zero-order valence-electron chi connectivity index (χ0n) is 29.1. The van der Waals surface area contributed by atoms with E-state index in [1.165, 1.54) is 70.6 Å². The van der Waals surface area contributed by atoms with Gasteiger partial charge in [0.05, 0.1) is 119 Å². The maximum Gasteiger partial charge on any atom is 0.329 e. The van der Waals surface area contributed by atoms with Crippen molar-refractivity contribution in [3.63, 3.8) is 0 Å². The van der Waals surface area contributed by atoms with Gasteiger partial charge in [-0.2, -0.15) is 0 Å². The lowest BCUT2D eigenvalue weighted by molar-refractivity contribution is -0.142. The summed E-state index contributed by atoms with van der Waals surface area (Å²) in [5.74, 6) is -0.991. The first kappa shape index (κ1) is 45.1. The molecule has 0 radical (unpaired) electrons. The molecule has 0 atom stereocenters. The lowest BCUT2D eigenvalue weighted by Crippen LogP contribution is -2.15. The molecule has 0 aromatic heterocycles. The van der Waals surface area contributed by atoms with Crippen molar-refractivity contribution in [2.75, 3.05) is 132 Å². The molecule has 276 valence electrons. The highest BCUT2D eigenvalue weighted by atomic mass is 16.6. The van der Waals surface area contributed by atoms with Gasteiger partial charge in [-0.05, 0) is 6.42 Å². The number of rotatable bonds is 42. The molecule has 12 nitrogen and oxygen atoms in total. The second kappa shape index (κ2) is 42.1. The number of aliphatic carboxylic acids is 1. The van der Waals surface area contributed by atoms with Crippen molar-refractivity contribution in [3.05, 3.63) is 0 Å². The fourth-order valence-corrected chi connectivity index (χ4v) is 4.18. The van der Waals surface area contributed by atoms with Crippen molar-refractivity contribution in [3.8, 4) is 0 Å². The van der Waals surface area contributed by atoms with E-state index in [0.29, 0.717) is 112 Å². The normalized spacial score (nSPS) is 11.5. The first-order valence-electron chi connectivity index (χ1n) is 17.8. The summed E-state index contributed by atoms with van der Waals surface area (Å²) < 4.78 is 54.0. The zero-order chi connectivity index (χ0) is 33.3. The first-order chi connectivity index (χ1) is 22.8. The second-order valence-corrected chi connectivity index (χ2v) is 10.8. The van der Waals surface area contributed by atoms with E-state index < -0.39 is 5.97 Å². The third-order valence-electron chi connectivity index (χ3n) is 6.72. The molecule has 0 aliphatic carbocycles. The van der Waals surface area contributed by atoms with Crippen LogP contribution in [0.15, 0.2) is 0 Å². The molecule has 0 aromatic rings. The number of carbonyl (C=O) groups is 1. The van der Waals surface area contributed by atoms with Gasteiger partial charge in [0.25, 0.3) is 0 Å². The summed E-state index contributed by atoms with van der Waals surface area (Å²) >= 11 is 0. The lowest BCUT2D eigenvalue weighted by atomic mass is 10.1. The molecule has 0 amide bonds. The van der Waals surface area contributed by atoms with Gasteiger partial charge in [-0.15, -0.1) is 0 Å². The lowest BCUT2D eigenvalue weighted by Gasteiger charge is -2.09. The van der Waals surface area contributed by atoms with Crippen molar-refractivity contribution in [2.45, 2.75) is 84.0 Å². The Morgan fingerprint density at radius 2 is 0.543 bits per heavy atom. The number of carboxylic acid groups (broad SMARTS) is 1. The molecule has 0 bridgehead atoms. The van der Waals surface area contributed by atoms with Crippen molar-refractivity contribution in [1.82, 2.24) is 0 Å². The van der Waals surface area contributed by atoms with Crippen LogP contribution in [0.4, 0.5) is 0 Å². The van der Waals surface area contributed by atoms with Crippen molar-refractivity contribution in [1.29, 1.82) is 0 Å². The number of hydrogen-bond acceptors (Lipinski definition) is 11. The van der Waals surface area contributed by atoms with Crippen LogP contribution in [0, 0.1) is 0 Å². The molecule has 0 rings (SSSR count). The van der Waals surface area contributed by atoms with Crippen molar-refractivity contribution < 1.29 is 57.3 Å². The fraction of sp³-hybridized carbons (Fsp3) is 0.971. The standard InChI is InChI=1S/C34H68O12/c1-2-3-4-5-6-7-8-9-10-11-12-13-14-37-15-16-38-17-18-39-19-20-40-21-22-41-23-24-42-25-26-43-27-28-44-29-30-45-31-32-46-33-34(35)36/h2-33H2,1H3,(H,35,36). The topological polar surface area (TPSA) is 130 Å². The highest BCUT2D eigenvalue weighted by Gasteiger charge is 1.98. The molecular weight excluding hydrogens is 600 g/mol. The minimum absolute atomic E-state index is 0.247. The Morgan fingerprint density at radius 1 is 0.326 bits per heavy atom. The van der Waals surface area contributed by atoms with Crippen LogP contribution >= 0.6 is 0 Å². The first-order valence-corrected chi connectivity index (χ1v) is 17.8. The van der Waals surface area contributed by atoms with Crippen molar-refractivity contribution in [2.24, 2.45) is 0 Å². The smallest absolute Gasteiger partial charge is 0.329 e. The third kappa shape index (κ3) is 43.1. The summed E-state index contributed by atoms with van der Waals surface area (Å²) in [5.41, 5.74) is 0. The zero-order valence-corrected chi connectivity index (χ0v) is 29.1. The van der Waals surface area contributed by atoms with Gasteiger partial charge in [0, 0.05) is 6.61 Å². The predicted molar refractivity (Wildman–Crippen MR) is 177 cm³/mol. The molecule has 0 heterocycles. The van der Waals surface area contributed by atoms with E-state index in [0.717, 1.165) is 13.0 Å².